The van der Waals surface area contributed by atoms with Crippen molar-refractivity contribution >= 4 is 17.2 Å². The fourth-order valence-corrected chi connectivity index (χ4v) is 2.68. The number of rotatable bonds is 4. The largest absolute Gasteiger partial charge is 0.496 e. The molecule has 6 heteroatoms. The molecule has 5 nitrogen and oxygen atoms in total. The Morgan fingerprint density at radius 3 is 2.43 bits per heavy atom. The molecule has 0 aliphatic heterocycles. The molecular weight excluding hydrogens is 308 g/mol. The van der Waals surface area contributed by atoms with E-state index in [0.717, 1.165) is 46.1 Å². The van der Waals surface area contributed by atoms with Crippen LogP contribution in [-0.2, 0) is 0 Å². The number of benzene rings is 1. The van der Waals surface area contributed by atoms with Gasteiger partial charge in [0.05, 0.1) is 7.11 Å². The summed E-state index contributed by atoms with van der Waals surface area (Å²) < 4.78 is 5.42. The summed E-state index contributed by atoms with van der Waals surface area (Å²) in [6, 6.07) is 4.00. The molecule has 0 saturated carbocycles. The highest BCUT2D eigenvalue weighted by Gasteiger charge is 2.13. The van der Waals surface area contributed by atoms with Crippen molar-refractivity contribution < 1.29 is 4.74 Å². The van der Waals surface area contributed by atoms with Gasteiger partial charge in [-0.15, -0.1) is 11.3 Å². The second-order valence-corrected chi connectivity index (χ2v) is 5.90. The van der Waals surface area contributed by atoms with E-state index in [4.69, 9.17) is 16.2 Å². The van der Waals surface area contributed by atoms with Gasteiger partial charge in [-0.25, -0.2) is 4.98 Å². The second-order valence-electron chi connectivity index (χ2n) is 5.04. The number of hydrogen-bond donors (Lipinski definition) is 2. The van der Waals surface area contributed by atoms with Crippen molar-refractivity contribution in [1.82, 2.24) is 4.98 Å². The summed E-state index contributed by atoms with van der Waals surface area (Å²) in [5.41, 5.74) is 14.9. The lowest BCUT2D eigenvalue weighted by molar-refractivity contribution is 0.412. The lowest BCUT2D eigenvalue weighted by Crippen LogP contribution is -2.15. The Labute approximate surface area is 142 Å². The summed E-state index contributed by atoms with van der Waals surface area (Å²) >= 11 is 1.61. The van der Waals surface area contributed by atoms with Gasteiger partial charge in [0, 0.05) is 34.8 Å². The zero-order chi connectivity index (χ0) is 17.4. The first-order valence-electron chi connectivity index (χ1n) is 7.52. The van der Waals surface area contributed by atoms with Crippen LogP contribution in [0, 0.1) is 13.8 Å². The maximum atomic E-state index is 5.95. The van der Waals surface area contributed by atoms with E-state index in [9.17, 15) is 0 Å². The average Bonchev–Trinajstić information content (AvgIpc) is 3.01. The Kier molecular flexibility index (Phi) is 7.71. The third-order valence-electron chi connectivity index (χ3n) is 3.25. The van der Waals surface area contributed by atoms with Crippen LogP contribution in [0.15, 0.2) is 22.5 Å². The number of methoxy groups -OCH3 is 1. The molecule has 0 bridgehead atoms. The molecule has 0 fully saturated rings. The molecule has 1 aromatic carbocycles. The Morgan fingerprint density at radius 1 is 1.35 bits per heavy atom. The predicted molar refractivity (Wildman–Crippen MR) is 99.6 cm³/mol. The van der Waals surface area contributed by atoms with Crippen LogP contribution in [0.3, 0.4) is 0 Å². The molecule has 0 aliphatic carbocycles. The monoisotopic (exact) mass is 334 g/mol. The van der Waals surface area contributed by atoms with Crippen molar-refractivity contribution in [3.05, 3.63) is 34.3 Å². The normalized spacial score (nSPS) is 11.0. The van der Waals surface area contributed by atoms with E-state index in [-0.39, 0.29) is 0 Å². The average molecular weight is 334 g/mol. The maximum absolute atomic E-state index is 5.95. The van der Waals surface area contributed by atoms with Gasteiger partial charge in [-0.1, -0.05) is 6.92 Å². The molecule has 126 valence electrons. The fraction of sp³-hybridized carbons (Fsp3) is 0.412. The highest BCUT2D eigenvalue weighted by Crippen LogP contribution is 2.31. The molecule has 0 saturated heterocycles. The fourth-order valence-electron chi connectivity index (χ4n) is 1.90. The van der Waals surface area contributed by atoms with Crippen LogP contribution < -0.4 is 16.2 Å². The number of ether oxygens (including phenoxy) is 1. The highest BCUT2D eigenvalue weighted by molar-refractivity contribution is 7.13. The van der Waals surface area contributed by atoms with Gasteiger partial charge in [-0.3, -0.25) is 4.99 Å². The van der Waals surface area contributed by atoms with Crippen LogP contribution in [0.1, 0.15) is 30.2 Å². The van der Waals surface area contributed by atoms with Crippen LogP contribution >= 0.6 is 11.3 Å². The molecule has 0 amide bonds. The van der Waals surface area contributed by atoms with Crippen molar-refractivity contribution in [3.8, 4) is 16.3 Å². The number of thiazole rings is 1. The first kappa shape index (κ1) is 19.1. The maximum Gasteiger partial charge on any atom is 0.125 e. The summed E-state index contributed by atoms with van der Waals surface area (Å²) in [4.78, 5) is 8.55. The molecule has 0 radical (unpaired) electrons. The van der Waals surface area contributed by atoms with Crippen molar-refractivity contribution in [2.75, 3.05) is 20.7 Å². The third kappa shape index (κ3) is 5.04. The quantitative estimate of drug-likeness (QED) is 0.664. The summed E-state index contributed by atoms with van der Waals surface area (Å²) in [6.07, 6.45) is 1.10. The molecule has 1 heterocycles. The number of hydrogen-bond acceptors (Lipinski definition) is 5. The van der Waals surface area contributed by atoms with Gasteiger partial charge in [0.15, 0.2) is 0 Å². The number of aliphatic imine (C=N–C) groups is 1. The lowest BCUT2D eigenvalue weighted by Gasteiger charge is -2.12. The number of aromatic nitrogens is 1. The van der Waals surface area contributed by atoms with Gasteiger partial charge in [0.25, 0.3) is 0 Å². The summed E-state index contributed by atoms with van der Waals surface area (Å²) in [5, 5.41) is 2.99. The predicted octanol–water partition coefficient (Wildman–Crippen LogP) is 3.13. The Hall–Kier alpha value is -1.92. The van der Waals surface area contributed by atoms with Gasteiger partial charge in [-0.2, -0.15) is 0 Å². The zero-order valence-electron chi connectivity index (χ0n) is 14.5. The third-order valence-corrected chi connectivity index (χ3v) is 4.26. The van der Waals surface area contributed by atoms with E-state index in [1.54, 1.807) is 25.5 Å². The number of amidine groups is 1. The van der Waals surface area contributed by atoms with Gasteiger partial charge in [0.1, 0.15) is 16.6 Å². The number of nitrogens with zero attached hydrogens (tertiary/aromatic N) is 2. The Balaban J connectivity index is 0.000000593. The van der Waals surface area contributed by atoms with Crippen LogP contribution in [0.4, 0.5) is 0 Å². The second kappa shape index (κ2) is 9.27. The molecule has 4 N–H and O–H groups in total. The van der Waals surface area contributed by atoms with Gasteiger partial charge in [-0.05, 0) is 38.9 Å². The van der Waals surface area contributed by atoms with Crippen LogP contribution in [0.25, 0.3) is 10.6 Å². The van der Waals surface area contributed by atoms with Gasteiger partial charge >= 0.3 is 0 Å². The summed E-state index contributed by atoms with van der Waals surface area (Å²) in [6.45, 7) is 6.83. The first-order chi connectivity index (χ1) is 11.0. The zero-order valence-corrected chi connectivity index (χ0v) is 15.3. The van der Waals surface area contributed by atoms with Crippen molar-refractivity contribution in [3.63, 3.8) is 0 Å². The molecule has 0 atom stereocenters. The van der Waals surface area contributed by atoms with Crippen molar-refractivity contribution in [1.29, 1.82) is 0 Å². The van der Waals surface area contributed by atoms with Crippen LogP contribution in [0.5, 0.6) is 5.75 Å². The molecule has 0 unspecified atom stereocenters. The molecule has 23 heavy (non-hydrogen) atoms. The van der Waals surface area contributed by atoms with E-state index >= 15 is 0 Å². The minimum atomic E-state index is 0.505. The molecule has 2 aromatic rings. The van der Waals surface area contributed by atoms with Gasteiger partial charge < -0.3 is 16.2 Å². The minimum Gasteiger partial charge on any atom is -0.496 e. The minimum absolute atomic E-state index is 0.505. The Morgan fingerprint density at radius 2 is 2.00 bits per heavy atom. The molecule has 0 aliphatic rings. The Bertz CT molecular complexity index is 663. The molecule has 2 rings (SSSR count). The van der Waals surface area contributed by atoms with E-state index in [1.807, 2.05) is 31.4 Å². The van der Waals surface area contributed by atoms with E-state index < -0.39 is 0 Å². The van der Waals surface area contributed by atoms with E-state index in [0.29, 0.717) is 5.84 Å². The van der Waals surface area contributed by atoms with Crippen LogP contribution in [0.2, 0.25) is 0 Å². The molecule has 1 aromatic heterocycles. The topological polar surface area (TPSA) is 86.5 Å². The van der Waals surface area contributed by atoms with E-state index in [2.05, 4.69) is 16.9 Å². The van der Waals surface area contributed by atoms with E-state index in [1.165, 1.54) is 0 Å². The van der Waals surface area contributed by atoms with Crippen molar-refractivity contribution in [2.45, 2.75) is 27.2 Å². The molecule has 0 spiro atoms. The first-order valence-corrected chi connectivity index (χ1v) is 8.40. The van der Waals surface area contributed by atoms with Crippen LogP contribution in [-0.4, -0.2) is 31.5 Å². The smallest absolute Gasteiger partial charge is 0.125 e. The standard InChI is InChI=1S/C14H17N3OS.C3H9N/c1-8-7-19-14(17-8)10-5-11(13(15)16-3)9(2)12(6-10)18-4;1-2-3-4/h5-7H,1-4H3,(H2,15,16);2-4H2,1H3. The van der Waals surface area contributed by atoms with Crippen molar-refractivity contribution in [2.24, 2.45) is 16.5 Å². The summed E-state index contributed by atoms with van der Waals surface area (Å²) in [5.74, 6) is 1.30. The lowest BCUT2D eigenvalue weighted by atomic mass is 10.0. The SMILES string of the molecule is CCCN.CN=C(N)c1cc(-c2nc(C)cs2)cc(OC)c1C. The number of nitrogens with two attached hydrogens (primary N) is 2. The highest BCUT2D eigenvalue weighted by atomic mass is 32.1. The summed E-state index contributed by atoms with van der Waals surface area (Å²) in [7, 11) is 3.34. The van der Waals surface area contributed by atoms with Gasteiger partial charge in [0.2, 0.25) is 0 Å². The molecular formula is C17H26N4OS. The number of aryl methyl sites for hydroxylation is 1.